The van der Waals surface area contributed by atoms with Gasteiger partial charge in [-0.15, -0.1) is 0 Å². The molecule has 1 aromatic carbocycles. The van der Waals surface area contributed by atoms with Gasteiger partial charge in [-0.25, -0.2) is 4.39 Å². The number of nitrogen functional groups attached to an aromatic ring is 1. The molecule has 1 heterocycles. The first-order valence-electron chi connectivity index (χ1n) is 5.00. The van der Waals surface area contributed by atoms with Gasteiger partial charge in [0.15, 0.2) is 0 Å². The second-order valence-electron chi connectivity index (χ2n) is 3.49. The number of hydrogen-bond acceptors (Lipinski definition) is 3. The Bertz CT molecular complexity index is 545. The van der Waals surface area contributed by atoms with Crippen LogP contribution in [-0.4, -0.2) is 9.19 Å². The van der Waals surface area contributed by atoms with E-state index in [0.717, 1.165) is 0 Å². The SMILES string of the molecule is Nc1ccc(F)cc1S(=O)Cc1ccccn1. The number of anilines is 1. The van der Waals surface area contributed by atoms with Crippen molar-refractivity contribution >= 4 is 16.5 Å². The molecule has 0 aliphatic heterocycles. The zero-order chi connectivity index (χ0) is 12.3. The third-order valence-corrected chi connectivity index (χ3v) is 3.63. The van der Waals surface area contributed by atoms with Crippen LogP contribution in [0.5, 0.6) is 0 Å². The highest BCUT2D eigenvalue weighted by molar-refractivity contribution is 7.84. The first-order chi connectivity index (χ1) is 8.16. The Labute approximate surface area is 101 Å². The summed E-state index contributed by atoms with van der Waals surface area (Å²) in [5.41, 5.74) is 6.69. The predicted octanol–water partition coefficient (Wildman–Crippen LogP) is 2.11. The molecular weight excluding hydrogens is 239 g/mol. The molecule has 0 saturated heterocycles. The molecule has 2 aromatic rings. The Morgan fingerprint density at radius 3 is 2.82 bits per heavy atom. The van der Waals surface area contributed by atoms with Gasteiger partial charge in [0, 0.05) is 11.9 Å². The van der Waals surface area contributed by atoms with Gasteiger partial charge in [0.1, 0.15) is 5.82 Å². The molecule has 5 heteroatoms. The fourth-order valence-corrected chi connectivity index (χ4v) is 2.57. The van der Waals surface area contributed by atoms with Gasteiger partial charge >= 0.3 is 0 Å². The van der Waals surface area contributed by atoms with Crippen LogP contribution in [-0.2, 0) is 16.6 Å². The number of rotatable bonds is 3. The van der Waals surface area contributed by atoms with Crippen LogP contribution in [0.15, 0.2) is 47.5 Å². The minimum Gasteiger partial charge on any atom is -0.398 e. The lowest BCUT2D eigenvalue weighted by atomic mass is 10.3. The van der Waals surface area contributed by atoms with E-state index in [1.165, 1.54) is 18.2 Å². The van der Waals surface area contributed by atoms with Crippen molar-refractivity contribution < 1.29 is 8.60 Å². The van der Waals surface area contributed by atoms with Crippen molar-refractivity contribution in [2.75, 3.05) is 5.73 Å². The van der Waals surface area contributed by atoms with E-state index < -0.39 is 16.6 Å². The maximum absolute atomic E-state index is 13.0. The van der Waals surface area contributed by atoms with Crippen LogP contribution in [0.4, 0.5) is 10.1 Å². The van der Waals surface area contributed by atoms with Gasteiger partial charge in [0.05, 0.1) is 27.1 Å². The standard InChI is InChI=1S/C12H11FN2OS/c13-9-4-5-11(14)12(7-9)17(16)8-10-3-1-2-6-15-10/h1-7H,8,14H2. The highest BCUT2D eigenvalue weighted by Gasteiger charge is 2.10. The number of benzene rings is 1. The lowest BCUT2D eigenvalue weighted by molar-refractivity contribution is 0.623. The number of aromatic nitrogens is 1. The first kappa shape index (κ1) is 11.7. The molecule has 2 rings (SSSR count). The minimum absolute atomic E-state index is 0.231. The van der Waals surface area contributed by atoms with E-state index in [2.05, 4.69) is 4.98 Å². The summed E-state index contributed by atoms with van der Waals surface area (Å²) in [4.78, 5) is 4.38. The highest BCUT2D eigenvalue weighted by atomic mass is 32.2. The Morgan fingerprint density at radius 2 is 2.12 bits per heavy atom. The second kappa shape index (κ2) is 5.05. The van der Waals surface area contributed by atoms with Crippen molar-refractivity contribution in [3.63, 3.8) is 0 Å². The van der Waals surface area contributed by atoms with E-state index in [4.69, 9.17) is 5.73 Å². The molecule has 0 saturated carbocycles. The number of pyridine rings is 1. The summed E-state index contributed by atoms with van der Waals surface area (Å²) in [5, 5.41) is 0. The van der Waals surface area contributed by atoms with E-state index in [-0.39, 0.29) is 5.75 Å². The monoisotopic (exact) mass is 250 g/mol. The summed E-state index contributed by atoms with van der Waals surface area (Å²) in [6, 6.07) is 9.23. The number of halogens is 1. The van der Waals surface area contributed by atoms with Crippen LogP contribution in [0.3, 0.4) is 0 Å². The molecule has 3 nitrogen and oxygen atoms in total. The van der Waals surface area contributed by atoms with E-state index in [0.29, 0.717) is 16.3 Å². The van der Waals surface area contributed by atoms with Gasteiger partial charge < -0.3 is 5.73 Å². The van der Waals surface area contributed by atoms with E-state index in [1.807, 2.05) is 6.07 Å². The summed E-state index contributed by atoms with van der Waals surface area (Å²) in [7, 11) is -1.38. The van der Waals surface area contributed by atoms with Crippen molar-refractivity contribution in [2.24, 2.45) is 0 Å². The smallest absolute Gasteiger partial charge is 0.124 e. The summed E-state index contributed by atoms with van der Waals surface area (Å²) < 4.78 is 25.1. The molecule has 1 aromatic heterocycles. The first-order valence-corrected chi connectivity index (χ1v) is 6.32. The third-order valence-electron chi connectivity index (χ3n) is 2.23. The molecule has 0 aliphatic rings. The molecule has 0 fully saturated rings. The molecule has 1 atom stereocenters. The van der Waals surface area contributed by atoms with Crippen molar-refractivity contribution in [3.05, 3.63) is 54.1 Å². The fraction of sp³-hybridized carbons (Fsp3) is 0.0833. The largest absolute Gasteiger partial charge is 0.398 e. The van der Waals surface area contributed by atoms with Gasteiger partial charge in [-0.1, -0.05) is 6.07 Å². The lowest BCUT2D eigenvalue weighted by Gasteiger charge is -2.05. The fourth-order valence-electron chi connectivity index (χ4n) is 1.40. The quantitative estimate of drug-likeness (QED) is 0.849. The van der Waals surface area contributed by atoms with Gasteiger partial charge in [0.2, 0.25) is 0 Å². The number of nitrogens with two attached hydrogens (primary N) is 1. The summed E-state index contributed by atoms with van der Waals surface area (Å²) >= 11 is 0. The molecule has 0 amide bonds. The topological polar surface area (TPSA) is 56.0 Å². The summed E-state index contributed by atoms with van der Waals surface area (Å²) in [5.74, 6) is -0.210. The maximum atomic E-state index is 13.0. The predicted molar refractivity (Wildman–Crippen MR) is 65.2 cm³/mol. The normalized spacial score (nSPS) is 12.3. The second-order valence-corrected chi connectivity index (χ2v) is 4.91. The minimum atomic E-state index is -1.38. The van der Waals surface area contributed by atoms with Crippen molar-refractivity contribution in [1.82, 2.24) is 4.98 Å². The van der Waals surface area contributed by atoms with Crippen molar-refractivity contribution in [1.29, 1.82) is 0 Å². The van der Waals surface area contributed by atoms with Crippen LogP contribution in [0.25, 0.3) is 0 Å². The molecule has 0 radical (unpaired) electrons. The van der Waals surface area contributed by atoms with Crippen LogP contribution in [0.1, 0.15) is 5.69 Å². The van der Waals surface area contributed by atoms with E-state index in [1.54, 1.807) is 18.3 Å². The molecule has 0 spiro atoms. The average molecular weight is 250 g/mol. The van der Waals surface area contributed by atoms with Crippen molar-refractivity contribution in [3.8, 4) is 0 Å². The van der Waals surface area contributed by atoms with Crippen LogP contribution < -0.4 is 5.73 Å². The Morgan fingerprint density at radius 1 is 1.29 bits per heavy atom. The zero-order valence-corrected chi connectivity index (χ0v) is 9.78. The van der Waals surface area contributed by atoms with Gasteiger partial charge in [-0.3, -0.25) is 9.19 Å². The molecule has 0 bridgehead atoms. The maximum Gasteiger partial charge on any atom is 0.124 e. The lowest BCUT2D eigenvalue weighted by Crippen LogP contribution is -2.02. The summed E-state index contributed by atoms with van der Waals surface area (Å²) in [6.07, 6.45) is 1.63. The molecule has 1 unspecified atom stereocenters. The van der Waals surface area contributed by atoms with Gasteiger partial charge in [0.25, 0.3) is 0 Å². The molecular formula is C12H11FN2OS. The summed E-state index contributed by atoms with van der Waals surface area (Å²) in [6.45, 7) is 0. The molecule has 2 N–H and O–H groups in total. The Hall–Kier alpha value is -1.75. The van der Waals surface area contributed by atoms with Gasteiger partial charge in [-0.2, -0.15) is 0 Å². The van der Waals surface area contributed by atoms with E-state index in [9.17, 15) is 8.60 Å². The van der Waals surface area contributed by atoms with Crippen LogP contribution >= 0.6 is 0 Å². The van der Waals surface area contributed by atoms with Crippen molar-refractivity contribution in [2.45, 2.75) is 10.6 Å². The Balaban J connectivity index is 2.23. The molecule has 88 valence electrons. The number of hydrogen-bond donors (Lipinski definition) is 1. The van der Waals surface area contributed by atoms with Gasteiger partial charge in [-0.05, 0) is 30.3 Å². The Kier molecular flexibility index (Phi) is 3.49. The van der Waals surface area contributed by atoms with Crippen LogP contribution in [0.2, 0.25) is 0 Å². The zero-order valence-electron chi connectivity index (χ0n) is 8.97. The number of nitrogens with zero attached hydrogens (tertiary/aromatic N) is 1. The van der Waals surface area contributed by atoms with E-state index >= 15 is 0 Å². The average Bonchev–Trinajstić information content (AvgIpc) is 2.33. The third kappa shape index (κ3) is 2.88. The molecule has 17 heavy (non-hydrogen) atoms. The van der Waals surface area contributed by atoms with Crippen LogP contribution in [0, 0.1) is 5.82 Å². The molecule has 0 aliphatic carbocycles. The highest BCUT2D eigenvalue weighted by Crippen LogP contribution is 2.19.